The maximum atomic E-state index is 12.8. The van der Waals surface area contributed by atoms with E-state index in [4.69, 9.17) is 0 Å². The van der Waals surface area contributed by atoms with Gasteiger partial charge in [0.2, 0.25) is 5.91 Å². The monoisotopic (exact) mass is 426 g/mol. The van der Waals surface area contributed by atoms with Crippen LogP contribution in [0.2, 0.25) is 0 Å². The minimum Gasteiger partial charge on any atom is -0.356 e. The van der Waals surface area contributed by atoms with Gasteiger partial charge in [0.25, 0.3) is 0 Å². The van der Waals surface area contributed by atoms with Crippen LogP contribution in [0.15, 0.2) is 24.7 Å². The highest BCUT2D eigenvalue weighted by molar-refractivity contribution is 5.76. The van der Waals surface area contributed by atoms with E-state index in [1.807, 2.05) is 28.6 Å². The van der Waals surface area contributed by atoms with E-state index in [0.29, 0.717) is 24.8 Å². The van der Waals surface area contributed by atoms with Gasteiger partial charge in [-0.15, -0.1) is 0 Å². The molecule has 2 aromatic heterocycles. The summed E-state index contributed by atoms with van der Waals surface area (Å²) in [6.45, 7) is 3.42. The fraction of sp³-hybridized carbons (Fsp3) is 0.682. The Morgan fingerprint density at radius 2 is 2.10 bits per heavy atom. The maximum absolute atomic E-state index is 12.8. The van der Waals surface area contributed by atoms with E-state index in [0.717, 1.165) is 50.8 Å². The summed E-state index contributed by atoms with van der Waals surface area (Å²) >= 11 is 0. The Labute approximate surface area is 181 Å². The van der Waals surface area contributed by atoms with Crippen molar-refractivity contribution in [3.8, 4) is 0 Å². The summed E-state index contributed by atoms with van der Waals surface area (Å²) in [5, 5.41) is 23.0. The molecule has 0 aliphatic heterocycles. The topological polar surface area (TPSA) is 108 Å². The molecule has 4 aliphatic rings. The molecule has 1 N–H and O–H groups in total. The molecule has 9 heteroatoms. The van der Waals surface area contributed by atoms with Crippen molar-refractivity contribution < 1.29 is 9.72 Å². The molecule has 2 aromatic rings. The number of nitro groups is 1. The van der Waals surface area contributed by atoms with Gasteiger partial charge in [0, 0.05) is 25.7 Å². The molecule has 0 radical (unpaired) electrons. The lowest BCUT2D eigenvalue weighted by Crippen LogP contribution is -2.57. The van der Waals surface area contributed by atoms with E-state index in [-0.39, 0.29) is 27.5 Å². The zero-order chi connectivity index (χ0) is 21.6. The molecule has 2 atom stereocenters. The fourth-order valence-electron chi connectivity index (χ4n) is 7.00. The van der Waals surface area contributed by atoms with Crippen LogP contribution < -0.4 is 5.32 Å². The molecular formula is C22H30N6O3. The van der Waals surface area contributed by atoms with E-state index < -0.39 is 0 Å². The van der Waals surface area contributed by atoms with Crippen LogP contribution in [0.25, 0.3) is 0 Å². The second-order valence-electron chi connectivity index (χ2n) is 10.2. The Hall–Kier alpha value is -2.71. The van der Waals surface area contributed by atoms with Crippen molar-refractivity contribution in [1.29, 1.82) is 0 Å². The summed E-state index contributed by atoms with van der Waals surface area (Å²) in [6, 6.07) is 1.98. The second-order valence-corrected chi connectivity index (χ2v) is 10.2. The van der Waals surface area contributed by atoms with Crippen LogP contribution in [0, 0.1) is 34.3 Å². The van der Waals surface area contributed by atoms with Crippen LogP contribution in [0.5, 0.6) is 0 Å². The smallest absolute Gasteiger partial charge is 0.307 e. The van der Waals surface area contributed by atoms with Crippen molar-refractivity contribution in [3.63, 3.8) is 0 Å². The van der Waals surface area contributed by atoms with Gasteiger partial charge >= 0.3 is 5.69 Å². The molecule has 2 unspecified atom stereocenters. The predicted octanol–water partition coefficient (Wildman–Crippen LogP) is 3.19. The van der Waals surface area contributed by atoms with Crippen molar-refractivity contribution in [3.05, 3.63) is 40.5 Å². The van der Waals surface area contributed by atoms with Gasteiger partial charge in [-0.1, -0.05) is 0 Å². The first kappa shape index (κ1) is 20.2. The second kappa shape index (κ2) is 7.46. The van der Waals surface area contributed by atoms with Crippen LogP contribution in [-0.4, -0.2) is 36.9 Å². The quantitative estimate of drug-likeness (QED) is 0.396. The average Bonchev–Trinajstić information content (AvgIpc) is 3.33. The first-order valence-electron chi connectivity index (χ1n) is 11.3. The number of carbonyl (C=O) groups excluding carboxylic acids is 1. The zero-order valence-corrected chi connectivity index (χ0v) is 18.0. The number of nitrogens with zero attached hydrogens (tertiary/aromatic N) is 5. The minimum absolute atomic E-state index is 0.00596. The molecule has 4 aliphatic carbocycles. The molecule has 2 heterocycles. The molecule has 1 amide bonds. The van der Waals surface area contributed by atoms with Crippen LogP contribution in [0.4, 0.5) is 5.69 Å². The lowest BCUT2D eigenvalue weighted by molar-refractivity contribution is -0.385. The summed E-state index contributed by atoms with van der Waals surface area (Å²) in [5.41, 5.74) is 0.877. The number of aromatic nitrogens is 4. The highest BCUT2D eigenvalue weighted by Gasteiger charge is 2.59. The molecular weight excluding hydrogens is 396 g/mol. The largest absolute Gasteiger partial charge is 0.356 e. The van der Waals surface area contributed by atoms with Crippen molar-refractivity contribution in [2.45, 2.75) is 70.4 Å². The van der Waals surface area contributed by atoms with Crippen molar-refractivity contribution >= 4 is 11.6 Å². The SMILES string of the molecule is Cc1ccn(CCCNC(=O)CC23CC4CC(C2)CC(n2cc([N+](=O)[O-])cn2)(C4)C3)n1. The van der Waals surface area contributed by atoms with E-state index in [9.17, 15) is 14.9 Å². The van der Waals surface area contributed by atoms with Gasteiger partial charge in [-0.25, -0.2) is 0 Å². The fourth-order valence-corrected chi connectivity index (χ4v) is 7.00. The van der Waals surface area contributed by atoms with Crippen LogP contribution >= 0.6 is 0 Å². The van der Waals surface area contributed by atoms with Gasteiger partial charge in [-0.05, 0) is 75.2 Å². The summed E-state index contributed by atoms with van der Waals surface area (Å²) in [4.78, 5) is 23.6. The Morgan fingerprint density at radius 1 is 1.32 bits per heavy atom. The minimum atomic E-state index is -0.377. The molecule has 0 saturated heterocycles. The van der Waals surface area contributed by atoms with E-state index in [2.05, 4.69) is 15.5 Å². The summed E-state index contributed by atoms with van der Waals surface area (Å²) in [7, 11) is 0. The van der Waals surface area contributed by atoms with Crippen molar-refractivity contribution in [2.24, 2.45) is 17.3 Å². The third-order valence-electron chi connectivity index (χ3n) is 7.61. The van der Waals surface area contributed by atoms with E-state index in [1.165, 1.54) is 12.6 Å². The number of aryl methyl sites for hydroxylation is 2. The first-order valence-corrected chi connectivity index (χ1v) is 11.3. The predicted molar refractivity (Wildman–Crippen MR) is 113 cm³/mol. The first-order chi connectivity index (χ1) is 14.8. The Bertz CT molecular complexity index is 981. The molecule has 4 bridgehead atoms. The van der Waals surface area contributed by atoms with Crippen LogP contribution in [0.1, 0.15) is 57.1 Å². The Morgan fingerprint density at radius 3 is 2.74 bits per heavy atom. The van der Waals surface area contributed by atoms with E-state index >= 15 is 0 Å². The van der Waals surface area contributed by atoms with Gasteiger partial charge in [0.05, 0.1) is 16.2 Å². The van der Waals surface area contributed by atoms with Crippen molar-refractivity contribution in [2.75, 3.05) is 6.54 Å². The van der Waals surface area contributed by atoms with E-state index in [1.54, 1.807) is 6.20 Å². The number of hydrogen-bond donors (Lipinski definition) is 1. The number of amides is 1. The summed E-state index contributed by atoms with van der Waals surface area (Å²) < 4.78 is 3.77. The lowest BCUT2D eigenvalue weighted by atomic mass is 9.46. The van der Waals surface area contributed by atoms with Crippen molar-refractivity contribution in [1.82, 2.24) is 24.9 Å². The Balaban J connectivity index is 1.23. The number of rotatable bonds is 8. The van der Waals surface area contributed by atoms with Gasteiger partial charge in [0.15, 0.2) is 0 Å². The van der Waals surface area contributed by atoms with Gasteiger partial charge < -0.3 is 5.32 Å². The van der Waals surface area contributed by atoms with Gasteiger partial charge in [-0.3, -0.25) is 24.3 Å². The molecule has 166 valence electrons. The standard InChI is InChI=1S/C22H30N6O3/c1-16-3-6-26(25-16)5-2-4-23-20(29)12-21-8-17-7-18(9-21)11-22(10-17,15-21)27-14-19(13-24-27)28(30)31/h3,6,13-14,17-18H,2,4-5,7-12,15H2,1H3,(H,23,29). The van der Waals surface area contributed by atoms with Gasteiger partial charge in [0.1, 0.15) is 12.4 Å². The molecule has 4 fully saturated rings. The van der Waals surface area contributed by atoms with Crippen LogP contribution in [-0.2, 0) is 16.9 Å². The zero-order valence-electron chi connectivity index (χ0n) is 18.0. The molecule has 6 rings (SSSR count). The third-order valence-corrected chi connectivity index (χ3v) is 7.61. The number of nitrogens with one attached hydrogen (secondary N) is 1. The normalized spacial score (nSPS) is 31.1. The maximum Gasteiger partial charge on any atom is 0.307 e. The number of carbonyl (C=O) groups is 1. The van der Waals surface area contributed by atoms with Crippen LogP contribution in [0.3, 0.4) is 0 Å². The molecule has 9 nitrogen and oxygen atoms in total. The molecule has 31 heavy (non-hydrogen) atoms. The highest BCUT2D eigenvalue weighted by atomic mass is 16.6. The van der Waals surface area contributed by atoms with Gasteiger partial charge in [-0.2, -0.15) is 10.2 Å². The summed E-state index contributed by atoms with van der Waals surface area (Å²) in [5.74, 6) is 1.29. The highest BCUT2D eigenvalue weighted by Crippen LogP contribution is 2.65. The average molecular weight is 427 g/mol. The molecule has 0 aromatic carbocycles. The molecule has 4 saturated carbocycles. The Kier molecular flexibility index (Phi) is 4.86. The third kappa shape index (κ3) is 3.85. The molecule has 0 spiro atoms. The summed E-state index contributed by atoms with van der Waals surface area (Å²) in [6.07, 6.45) is 12.7. The lowest BCUT2D eigenvalue weighted by Gasteiger charge is -2.61. The number of hydrogen-bond acceptors (Lipinski definition) is 5.